The molecular weight excluding hydrogens is 192 g/mol. The Morgan fingerprint density at radius 1 is 1.53 bits per heavy atom. The summed E-state index contributed by atoms with van der Waals surface area (Å²) >= 11 is 0. The SMILES string of the molecule is C=CCOC(=O)C1(C)[C@@H]2[C@H]1[C@@H]1C=C[C@@H]2O1. The van der Waals surface area contributed by atoms with Crippen LogP contribution in [0.15, 0.2) is 24.8 Å². The number of hydrogen-bond donors (Lipinski definition) is 0. The highest BCUT2D eigenvalue weighted by Gasteiger charge is 2.76. The van der Waals surface area contributed by atoms with Crippen molar-refractivity contribution in [3.05, 3.63) is 24.8 Å². The van der Waals surface area contributed by atoms with Gasteiger partial charge in [-0.15, -0.1) is 0 Å². The van der Waals surface area contributed by atoms with Crippen molar-refractivity contribution in [2.75, 3.05) is 6.61 Å². The lowest BCUT2D eigenvalue weighted by Gasteiger charge is -2.17. The highest BCUT2D eigenvalue weighted by atomic mass is 16.5. The monoisotopic (exact) mass is 206 g/mol. The Hall–Kier alpha value is -1.09. The number of rotatable bonds is 3. The van der Waals surface area contributed by atoms with Crippen LogP contribution in [0, 0.1) is 17.3 Å². The quantitative estimate of drug-likeness (QED) is 0.516. The molecule has 0 amide bonds. The molecule has 3 rings (SSSR count). The van der Waals surface area contributed by atoms with Crippen LogP contribution >= 0.6 is 0 Å². The van der Waals surface area contributed by atoms with E-state index in [1.54, 1.807) is 6.08 Å². The maximum absolute atomic E-state index is 11.9. The predicted octanol–water partition coefficient (Wildman–Crippen LogP) is 1.31. The number of fused-ring (bicyclic) bond motifs is 5. The Labute approximate surface area is 88.7 Å². The first-order valence-electron chi connectivity index (χ1n) is 5.31. The molecule has 5 atom stereocenters. The molecule has 0 radical (unpaired) electrons. The zero-order valence-corrected chi connectivity index (χ0v) is 8.68. The van der Waals surface area contributed by atoms with Gasteiger partial charge in [-0.05, 0) is 6.92 Å². The Kier molecular flexibility index (Phi) is 1.67. The third kappa shape index (κ3) is 0.965. The van der Waals surface area contributed by atoms with Gasteiger partial charge in [-0.3, -0.25) is 4.79 Å². The third-order valence-corrected chi connectivity index (χ3v) is 3.95. The number of hydrogen-bond acceptors (Lipinski definition) is 3. The molecule has 80 valence electrons. The van der Waals surface area contributed by atoms with E-state index in [1.807, 2.05) is 6.92 Å². The summed E-state index contributed by atoms with van der Waals surface area (Å²) in [7, 11) is 0. The minimum Gasteiger partial charge on any atom is -0.461 e. The Bertz CT molecular complexity index is 340. The van der Waals surface area contributed by atoms with E-state index in [9.17, 15) is 4.79 Å². The summed E-state index contributed by atoms with van der Waals surface area (Å²) in [4.78, 5) is 11.9. The molecule has 1 unspecified atom stereocenters. The molecule has 1 saturated heterocycles. The molecule has 1 aliphatic carbocycles. The summed E-state index contributed by atoms with van der Waals surface area (Å²) in [5.74, 6) is 0.578. The van der Waals surface area contributed by atoms with E-state index in [0.717, 1.165) is 0 Å². The lowest BCUT2D eigenvalue weighted by molar-refractivity contribution is -0.151. The third-order valence-electron chi connectivity index (χ3n) is 3.95. The Morgan fingerprint density at radius 2 is 2.13 bits per heavy atom. The van der Waals surface area contributed by atoms with Crippen LogP contribution in [-0.2, 0) is 14.3 Å². The average Bonchev–Trinajstić information content (AvgIpc) is 2.65. The largest absolute Gasteiger partial charge is 0.461 e. The van der Waals surface area contributed by atoms with E-state index < -0.39 is 0 Å². The van der Waals surface area contributed by atoms with Gasteiger partial charge in [0, 0.05) is 11.8 Å². The van der Waals surface area contributed by atoms with Crippen LogP contribution in [0.1, 0.15) is 6.92 Å². The van der Waals surface area contributed by atoms with Gasteiger partial charge in [0.2, 0.25) is 0 Å². The van der Waals surface area contributed by atoms with Crippen molar-refractivity contribution in [3.63, 3.8) is 0 Å². The maximum Gasteiger partial charge on any atom is 0.312 e. The van der Waals surface area contributed by atoms with Gasteiger partial charge >= 0.3 is 5.97 Å². The molecular formula is C12H14O3. The Balaban J connectivity index is 1.74. The van der Waals surface area contributed by atoms with Crippen molar-refractivity contribution in [3.8, 4) is 0 Å². The number of carbonyl (C=O) groups is 1. The molecule has 0 aromatic heterocycles. The standard InChI is InChI=1S/C12H14O3/c1-3-6-14-11(13)12(2)9-7-4-5-8(15-7)10(9)12/h3-5,7-10H,1,6H2,2H3/t7-,8-,9-,10+,12?/m0/s1. The maximum atomic E-state index is 11.9. The molecule has 3 aliphatic rings. The first-order valence-corrected chi connectivity index (χ1v) is 5.31. The zero-order chi connectivity index (χ0) is 10.6. The highest BCUT2D eigenvalue weighted by Crippen LogP contribution is 2.69. The fourth-order valence-corrected chi connectivity index (χ4v) is 3.13. The molecule has 3 nitrogen and oxygen atoms in total. The van der Waals surface area contributed by atoms with Gasteiger partial charge in [-0.2, -0.15) is 0 Å². The van der Waals surface area contributed by atoms with Crippen LogP contribution in [0.3, 0.4) is 0 Å². The molecule has 2 aliphatic heterocycles. The fourth-order valence-electron chi connectivity index (χ4n) is 3.13. The Morgan fingerprint density at radius 3 is 2.67 bits per heavy atom. The van der Waals surface area contributed by atoms with Gasteiger partial charge in [-0.25, -0.2) is 0 Å². The number of ether oxygens (including phenoxy) is 2. The van der Waals surface area contributed by atoms with Crippen molar-refractivity contribution in [2.45, 2.75) is 19.1 Å². The molecule has 0 spiro atoms. The summed E-state index contributed by atoms with van der Waals surface area (Å²) in [5, 5.41) is 0. The second kappa shape index (κ2) is 2.73. The second-order valence-corrected chi connectivity index (χ2v) is 4.67. The lowest BCUT2D eigenvalue weighted by Crippen LogP contribution is -2.27. The van der Waals surface area contributed by atoms with Crippen molar-refractivity contribution >= 4 is 5.97 Å². The topological polar surface area (TPSA) is 35.5 Å². The van der Waals surface area contributed by atoms with E-state index in [1.165, 1.54) is 0 Å². The van der Waals surface area contributed by atoms with Crippen LogP contribution in [0.25, 0.3) is 0 Å². The second-order valence-electron chi connectivity index (χ2n) is 4.67. The highest BCUT2D eigenvalue weighted by molar-refractivity contribution is 5.82. The van der Waals surface area contributed by atoms with Crippen LogP contribution in [0.2, 0.25) is 0 Å². The van der Waals surface area contributed by atoms with E-state index in [0.29, 0.717) is 18.4 Å². The molecule has 1 saturated carbocycles. The summed E-state index contributed by atoms with van der Waals surface area (Å²) in [5.41, 5.74) is -0.319. The zero-order valence-electron chi connectivity index (χ0n) is 8.68. The van der Waals surface area contributed by atoms with Crippen molar-refractivity contribution in [1.29, 1.82) is 0 Å². The molecule has 3 heteroatoms. The van der Waals surface area contributed by atoms with Crippen molar-refractivity contribution in [2.24, 2.45) is 17.3 Å². The van der Waals surface area contributed by atoms with Crippen LogP contribution in [-0.4, -0.2) is 24.8 Å². The molecule has 2 heterocycles. The molecule has 2 bridgehead atoms. The van der Waals surface area contributed by atoms with E-state index in [2.05, 4.69) is 18.7 Å². The fraction of sp³-hybridized carbons (Fsp3) is 0.583. The van der Waals surface area contributed by atoms with Gasteiger partial charge in [0.25, 0.3) is 0 Å². The average molecular weight is 206 g/mol. The number of carbonyl (C=O) groups excluding carboxylic acids is 1. The minimum absolute atomic E-state index is 0.0978. The smallest absolute Gasteiger partial charge is 0.312 e. The lowest BCUT2D eigenvalue weighted by atomic mass is 10.0. The van der Waals surface area contributed by atoms with Crippen LogP contribution in [0.4, 0.5) is 0 Å². The normalized spacial score (nSPS) is 48.9. The van der Waals surface area contributed by atoms with Gasteiger partial charge in [0.15, 0.2) is 0 Å². The van der Waals surface area contributed by atoms with E-state index >= 15 is 0 Å². The summed E-state index contributed by atoms with van der Waals surface area (Å²) < 4.78 is 10.8. The summed E-state index contributed by atoms with van der Waals surface area (Å²) in [6.45, 7) is 5.83. The molecule has 2 fully saturated rings. The predicted molar refractivity (Wildman–Crippen MR) is 54.0 cm³/mol. The van der Waals surface area contributed by atoms with Crippen molar-refractivity contribution < 1.29 is 14.3 Å². The van der Waals surface area contributed by atoms with E-state index in [-0.39, 0.29) is 23.6 Å². The van der Waals surface area contributed by atoms with Crippen LogP contribution < -0.4 is 0 Å². The molecule has 0 aromatic carbocycles. The van der Waals surface area contributed by atoms with E-state index in [4.69, 9.17) is 9.47 Å². The first-order chi connectivity index (χ1) is 7.19. The van der Waals surface area contributed by atoms with Crippen LogP contribution in [0.5, 0.6) is 0 Å². The van der Waals surface area contributed by atoms with Gasteiger partial charge in [-0.1, -0.05) is 24.8 Å². The van der Waals surface area contributed by atoms with Crippen molar-refractivity contribution in [1.82, 2.24) is 0 Å². The molecule has 15 heavy (non-hydrogen) atoms. The van der Waals surface area contributed by atoms with Gasteiger partial charge in [0.05, 0.1) is 17.6 Å². The van der Waals surface area contributed by atoms with Gasteiger partial charge in [0.1, 0.15) is 6.61 Å². The number of esters is 1. The van der Waals surface area contributed by atoms with Gasteiger partial charge < -0.3 is 9.47 Å². The molecule has 0 aromatic rings. The molecule has 0 N–H and O–H groups in total. The minimum atomic E-state index is -0.319. The summed E-state index contributed by atoms with van der Waals surface area (Å²) in [6, 6.07) is 0. The summed E-state index contributed by atoms with van der Waals surface area (Å²) in [6.07, 6.45) is 6.01. The first kappa shape index (κ1) is 9.16.